The molecule has 0 atom stereocenters. The molecule has 0 radical (unpaired) electrons. The van der Waals surface area contributed by atoms with Crippen LogP contribution >= 0.6 is 22.9 Å². The van der Waals surface area contributed by atoms with Gasteiger partial charge in [0.1, 0.15) is 0 Å². The Morgan fingerprint density at radius 1 is 1.48 bits per heavy atom. The Morgan fingerprint density at radius 3 is 3.05 bits per heavy atom. The summed E-state index contributed by atoms with van der Waals surface area (Å²) in [4.78, 5) is 12.3. The zero-order valence-corrected chi connectivity index (χ0v) is 12.6. The van der Waals surface area contributed by atoms with Crippen LogP contribution in [0, 0.1) is 0 Å². The van der Waals surface area contributed by atoms with E-state index >= 15 is 0 Å². The molecule has 3 aromatic rings. The van der Waals surface area contributed by atoms with Crippen LogP contribution in [0.25, 0.3) is 5.52 Å². The van der Waals surface area contributed by atoms with Crippen molar-refractivity contribution in [3.8, 4) is 0 Å². The second-order valence-corrected chi connectivity index (χ2v) is 5.71. The van der Waals surface area contributed by atoms with Crippen LogP contribution in [0.2, 0.25) is 5.02 Å². The number of nitrogens with one attached hydrogen (secondary N) is 1. The predicted octanol–water partition coefficient (Wildman–Crippen LogP) is 2.44. The number of hydrogen-bond acceptors (Lipinski definition) is 4. The third kappa shape index (κ3) is 2.78. The number of thiophene rings is 1. The minimum Gasteiger partial charge on any atom is -0.348 e. The summed E-state index contributed by atoms with van der Waals surface area (Å²) >= 11 is 7.52. The number of carbonyl (C=O) groups is 1. The summed E-state index contributed by atoms with van der Waals surface area (Å²) in [6.07, 6.45) is 3.35. The smallest absolute Gasteiger partial charge is 0.255 e. The molecule has 0 aliphatic heterocycles. The van der Waals surface area contributed by atoms with Crippen LogP contribution in [0.1, 0.15) is 21.5 Å². The van der Waals surface area contributed by atoms with E-state index in [1.165, 1.54) is 11.3 Å². The van der Waals surface area contributed by atoms with Crippen molar-refractivity contribution in [3.63, 3.8) is 0 Å². The molecular weight excluding hydrogens is 308 g/mol. The van der Waals surface area contributed by atoms with E-state index < -0.39 is 0 Å². The lowest BCUT2D eigenvalue weighted by Gasteiger charge is -2.04. The first-order valence-electron chi connectivity index (χ1n) is 6.34. The Balaban J connectivity index is 1.82. The summed E-state index contributed by atoms with van der Waals surface area (Å²) in [5, 5.41) is 11.5. The van der Waals surface area contributed by atoms with E-state index in [0.29, 0.717) is 23.7 Å². The normalized spacial score (nSPS) is 11.0. The van der Waals surface area contributed by atoms with Crippen molar-refractivity contribution in [1.29, 1.82) is 0 Å². The number of nitrogens with zero attached hydrogens (tertiary/aromatic N) is 2. The molecule has 0 saturated carbocycles. The molecule has 3 aromatic heterocycles. The standard InChI is InChI=1S/C14H13ClN4OS/c15-12-8-21-7-10(12)5-17-14(20)11-6-18-19-2-1-9(4-16)3-13(11)19/h1-3,6-8H,4-5,16H2,(H,17,20). The van der Waals surface area contributed by atoms with E-state index in [9.17, 15) is 4.79 Å². The second-order valence-electron chi connectivity index (χ2n) is 4.55. The van der Waals surface area contributed by atoms with Crippen molar-refractivity contribution >= 4 is 34.4 Å². The number of nitrogens with two attached hydrogens (primary N) is 1. The molecule has 0 unspecified atom stereocenters. The first-order chi connectivity index (χ1) is 10.2. The van der Waals surface area contributed by atoms with Gasteiger partial charge in [-0.1, -0.05) is 11.6 Å². The molecule has 7 heteroatoms. The summed E-state index contributed by atoms with van der Waals surface area (Å²) in [7, 11) is 0. The van der Waals surface area contributed by atoms with E-state index in [2.05, 4.69) is 10.4 Å². The topological polar surface area (TPSA) is 72.4 Å². The van der Waals surface area contributed by atoms with Gasteiger partial charge in [-0.05, 0) is 23.1 Å². The van der Waals surface area contributed by atoms with Gasteiger partial charge in [-0.3, -0.25) is 4.79 Å². The summed E-state index contributed by atoms with van der Waals surface area (Å²) < 4.78 is 1.66. The summed E-state index contributed by atoms with van der Waals surface area (Å²) in [6.45, 7) is 0.822. The maximum absolute atomic E-state index is 12.3. The molecule has 0 aliphatic carbocycles. The molecule has 108 valence electrons. The molecule has 0 aliphatic rings. The van der Waals surface area contributed by atoms with Gasteiger partial charge in [-0.15, -0.1) is 0 Å². The van der Waals surface area contributed by atoms with E-state index in [-0.39, 0.29) is 5.91 Å². The molecular formula is C14H13ClN4OS. The molecule has 0 fully saturated rings. The Labute approximate surface area is 130 Å². The van der Waals surface area contributed by atoms with E-state index in [1.807, 2.05) is 22.9 Å². The van der Waals surface area contributed by atoms with Crippen LogP contribution in [0.3, 0.4) is 0 Å². The van der Waals surface area contributed by atoms with Crippen LogP contribution in [0.4, 0.5) is 0 Å². The highest BCUT2D eigenvalue weighted by Gasteiger charge is 2.13. The van der Waals surface area contributed by atoms with Crippen LogP contribution in [-0.4, -0.2) is 15.5 Å². The summed E-state index contributed by atoms with van der Waals surface area (Å²) in [5.74, 6) is -0.179. The molecule has 3 rings (SSSR count). The van der Waals surface area contributed by atoms with E-state index in [1.54, 1.807) is 16.9 Å². The molecule has 0 saturated heterocycles. The highest BCUT2D eigenvalue weighted by molar-refractivity contribution is 7.08. The van der Waals surface area contributed by atoms with Crippen LogP contribution < -0.4 is 11.1 Å². The first kappa shape index (κ1) is 14.1. The van der Waals surface area contributed by atoms with Crippen molar-refractivity contribution in [3.05, 3.63) is 57.0 Å². The maximum atomic E-state index is 12.3. The fourth-order valence-electron chi connectivity index (χ4n) is 2.03. The number of amides is 1. The van der Waals surface area contributed by atoms with Crippen LogP contribution in [-0.2, 0) is 13.1 Å². The number of carbonyl (C=O) groups excluding carboxylic acids is 1. The largest absolute Gasteiger partial charge is 0.348 e. The fourth-order valence-corrected chi connectivity index (χ4v) is 3.08. The Hall–Kier alpha value is -1.89. The summed E-state index contributed by atoms with van der Waals surface area (Å²) in [5.41, 5.74) is 8.77. The average molecular weight is 321 g/mol. The van der Waals surface area contributed by atoms with Gasteiger partial charge in [0.05, 0.1) is 22.3 Å². The van der Waals surface area contributed by atoms with Gasteiger partial charge in [0.15, 0.2) is 0 Å². The Kier molecular flexibility index (Phi) is 3.92. The predicted molar refractivity (Wildman–Crippen MR) is 83.6 cm³/mol. The number of rotatable bonds is 4. The zero-order valence-electron chi connectivity index (χ0n) is 11.0. The molecule has 0 aromatic carbocycles. The fraction of sp³-hybridized carbons (Fsp3) is 0.143. The van der Waals surface area contributed by atoms with Gasteiger partial charge >= 0.3 is 0 Å². The van der Waals surface area contributed by atoms with Crippen molar-refractivity contribution in [1.82, 2.24) is 14.9 Å². The van der Waals surface area contributed by atoms with Gasteiger partial charge in [-0.25, -0.2) is 4.52 Å². The lowest BCUT2D eigenvalue weighted by atomic mass is 10.2. The molecule has 0 spiro atoms. The van der Waals surface area contributed by atoms with Gasteiger partial charge in [-0.2, -0.15) is 16.4 Å². The van der Waals surface area contributed by atoms with Crippen LogP contribution in [0.15, 0.2) is 35.3 Å². The molecule has 0 bridgehead atoms. The highest BCUT2D eigenvalue weighted by atomic mass is 35.5. The summed E-state index contributed by atoms with van der Waals surface area (Å²) in [6, 6.07) is 3.76. The monoisotopic (exact) mass is 320 g/mol. The number of fused-ring (bicyclic) bond motifs is 1. The third-order valence-corrected chi connectivity index (χ3v) is 4.47. The van der Waals surface area contributed by atoms with Gasteiger partial charge in [0.2, 0.25) is 0 Å². The SMILES string of the molecule is NCc1ccn2ncc(C(=O)NCc3cscc3Cl)c2c1. The minimum absolute atomic E-state index is 0.179. The van der Waals surface area contributed by atoms with Gasteiger partial charge in [0, 0.05) is 30.2 Å². The molecule has 3 N–H and O–H groups in total. The average Bonchev–Trinajstić information content (AvgIpc) is 3.10. The lowest BCUT2D eigenvalue weighted by Crippen LogP contribution is -2.22. The molecule has 5 nitrogen and oxygen atoms in total. The Morgan fingerprint density at radius 2 is 2.33 bits per heavy atom. The first-order valence-corrected chi connectivity index (χ1v) is 7.66. The quantitative estimate of drug-likeness (QED) is 0.775. The molecule has 1 amide bonds. The zero-order chi connectivity index (χ0) is 14.8. The highest BCUT2D eigenvalue weighted by Crippen LogP contribution is 2.20. The lowest BCUT2D eigenvalue weighted by molar-refractivity contribution is 0.0952. The number of hydrogen-bond donors (Lipinski definition) is 2. The molecule has 21 heavy (non-hydrogen) atoms. The van der Waals surface area contributed by atoms with Gasteiger partial charge < -0.3 is 11.1 Å². The number of pyridine rings is 1. The van der Waals surface area contributed by atoms with E-state index in [4.69, 9.17) is 17.3 Å². The maximum Gasteiger partial charge on any atom is 0.255 e. The van der Waals surface area contributed by atoms with Crippen LogP contribution in [0.5, 0.6) is 0 Å². The van der Waals surface area contributed by atoms with E-state index in [0.717, 1.165) is 16.6 Å². The number of halogens is 1. The molecule has 3 heterocycles. The van der Waals surface area contributed by atoms with Crippen molar-refractivity contribution < 1.29 is 4.79 Å². The van der Waals surface area contributed by atoms with Crippen molar-refractivity contribution in [2.45, 2.75) is 13.1 Å². The number of aromatic nitrogens is 2. The second kappa shape index (κ2) is 5.85. The van der Waals surface area contributed by atoms with Crippen molar-refractivity contribution in [2.75, 3.05) is 0 Å². The minimum atomic E-state index is -0.179. The third-order valence-electron chi connectivity index (χ3n) is 3.19. The Bertz CT molecular complexity index is 795. The van der Waals surface area contributed by atoms with Crippen molar-refractivity contribution in [2.24, 2.45) is 5.73 Å². The van der Waals surface area contributed by atoms with Gasteiger partial charge in [0.25, 0.3) is 5.91 Å².